The topological polar surface area (TPSA) is 71.2 Å². The highest BCUT2D eigenvalue weighted by molar-refractivity contribution is 5.88. The highest BCUT2D eigenvalue weighted by atomic mass is 16.3. The van der Waals surface area contributed by atoms with Crippen molar-refractivity contribution in [2.24, 2.45) is 0 Å². The summed E-state index contributed by atoms with van der Waals surface area (Å²) in [6, 6.07) is 19.3. The number of fused-ring (bicyclic) bond motifs is 1. The van der Waals surface area contributed by atoms with Gasteiger partial charge in [0.1, 0.15) is 11.3 Å². The minimum Gasteiger partial charge on any atom is -0.506 e. The Morgan fingerprint density at radius 1 is 1.07 bits per heavy atom. The van der Waals surface area contributed by atoms with Crippen LogP contribution in [0.4, 0.5) is 0 Å². The number of rotatable bonds is 4. The van der Waals surface area contributed by atoms with Crippen LogP contribution in [0.2, 0.25) is 0 Å². The quantitative estimate of drug-likeness (QED) is 0.557. The lowest BCUT2D eigenvalue weighted by Crippen LogP contribution is -2.24. The number of imidazole rings is 1. The predicted octanol–water partition coefficient (Wildman–Crippen LogP) is 4.26. The number of carbonyl (C=O) groups excluding carboxylic acids is 1. The molecule has 1 aliphatic rings. The molecule has 150 valence electrons. The van der Waals surface area contributed by atoms with Gasteiger partial charge in [-0.05, 0) is 19.1 Å². The second kappa shape index (κ2) is 7.30. The van der Waals surface area contributed by atoms with E-state index in [0.29, 0.717) is 25.0 Å². The fourth-order valence-corrected chi connectivity index (χ4v) is 4.21. The molecule has 0 bridgehead atoms. The highest BCUT2D eigenvalue weighted by Gasteiger charge is 2.32. The van der Waals surface area contributed by atoms with E-state index in [9.17, 15) is 9.90 Å². The van der Waals surface area contributed by atoms with Gasteiger partial charge < -0.3 is 14.6 Å². The van der Waals surface area contributed by atoms with E-state index in [1.807, 2.05) is 72.7 Å². The van der Waals surface area contributed by atoms with Crippen LogP contribution in [0.3, 0.4) is 0 Å². The molecule has 0 saturated carbocycles. The van der Waals surface area contributed by atoms with Crippen LogP contribution in [0.1, 0.15) is 19.4 Å². The number of carbonyl (C=O) groups is 1. The Morgan fingerprint density at radius 2 is 1.90 bits per heavy atom. The lowest BCUT2D eigenvalue weighted by molar-refractivity contribution is -0.127. The molecule has 0 radical (unpaired) electrons. The van der Waals surface area contributed by atoms with Gasteiger partial charge in [0.25, 0.3) is 0 Å². The van der Waals surface area contributed by atoms with E-state index < -0.39 is 0 Å². The molecule has 1 unspecified atom stereocenters. The van der Waals surface area contributed by atoms with Gasteiger partial charge in [0.15, 0.2) is 0 Å². The second-order valence-corrected chi connectivity index (χ2v) is 7.55. The normalized spacial score (nSPS) is 16.5. The first kappa shape index (κ1) is 18.4. The molecular weight excluding hydrogens is 376 g/mol. The Hall–Kier alpha value is -3.67. The molecule has 4 aromatic rings. The van der Waals surface area contributed by atoms with Crippen molar-refractivity contribution in [1.82, 2.24) is 19.4 Å². The molecule has 6 nitrogen and oxygen atoms in total. The van der Waals surface area contributed by atoms with Gasteiger partial charge in [0, 0.05) is 30.5 Å². The molecule has 1 saturated heterocycles. The molecular formula is C24H22N4O2. The SMILES string of the molecule is CCN1CC(n2cnc(-c3ccccc3)c2-c2ccc3cccc(O)c3n2)CC1=O. The smallest absolute Gasteiger partial charge is 0.224 e. The summed E-state index contributed by atoms with van der Waals surface area (Å²) in [5.74, 6) is 0.308. The minimum atomic E-state index is -0.000667. The number of likely N-dealkylation sites (N-methyl/N-ethyl adjacent to an activating group) is 1. The van der Waals surface area contributed by atoms with Gasteiger partial charge >= 0.3 is 0 Å². The van der Waals surface area contributed by atoms with E-state index >= 15 is 0 Å². The van der Waals surface area contributed by atoms with Crippen molar-refractivity contribution in [3.63, 3.8) is 0 Å². The Kier molecular flexibility index (Phi) is 4.47. The van der Waals surface area contributed by atoms with Gasteiger partial charge in [0.05, 0.1) is 29.5 Å². The third-order valence-corrected chi connectivity index (χ3v) is 5.75. The standard InChI is InChI=1S/C24H22N4O2/c1-2-27-14-18(13-21(27)30)28-15-25-23(16-7-4-3-5-8-16)24(28)19-12-11-17-9-6-10-20(29)22(17)26-19/h3-12,15,18,29H,2,13-14H2,1H3. The number of amides is 1. The first-order chi connectivity index (χ1) is 14.7. The van der Waals surface area contributed by atoms with Crippen LogP contribution in [0.15, 0.2) is 67.0 Å². The van der Waals surface area contributed by atoms with Crippen molar-refractivity contribution in [2.75, 3.05) is 13.1 Å². The second-order valence-electron chi connectivity index (χ2n) is 7.55. The largest absolute Gasteiger partial charge is 0.506 e. The summed E-state index contributed by atoms with van der Waals surface area (Å²) in [6.45, 7) is 3.36. The first-order valence-corrected chi connectivity index (χ1v) is 10.1. The molecule has 3 heterocycles. The van der Waals surface area contributed by atoms with Gasteiger partial charge in [-0.25, -0.2) is 9.97 Å². The monoisotopic (exact) mass is 398 g/mol. The molecule has 30 heavy (non-hydrogen) atoms. The van der Waals surface area contributed by atoms with Crippen LogP contribution in [-0.4, -0.2) is 43.5 Å². The summed E-state index contributed by atoms with van der Waals surface area (Å²) in [5, 5.41) is 11.2. The summed E-state index contributed by atoms with van der Waals surface area (Å²) in [7, 11) is 0. The van der Waals surface area contributed by atoms with Crippen LogP contribution in [0.25, 0.3) is 33.5 Å². The van der Waals surface area contributed by atoms with Crippen molar-refractivity contribution in [2.45, 2.75) is 19.4 Å². The maximum Gasteiger partial charge on any atom is 0.224 e. The van der Waals surface area contributed by atoms with E-state index in [-0.39, 0.29) is 17.7 Å². The molecule has 1 aliphatic heterocycles. The summed E-state index contributed by atoms with van der Waals surface area (Å²) in [4.78, 5) is 23.7. The third-order valence-electron chi connectivity index (χ3n) is 5.75. The summed E-state index contributed by atoms with van der Waals surface area (Å²) in [6.07, 6.45) is 2.26. The van der Waals surface area contributed by atoms with Crippen molar-refractivity contribution in [3.05, 3.63) is 67.0 Å². The van der Waals surface area contributed by atoms with E-state index in [4.69, 9.17) is 9.97 Å². The van der Waals surface area contributed by atoms with Crippen molar-refractivity contribution < 1.29 is 9.90 Å². The Bertz CT molecular complexity index is 1230. The van der Waals surface area contributed by atoms with Crippen LogP contribution in [0.5, 0.6) is 5.75 Å². The van der Waals surface area contributed by atoms with E-state index in [0.717, 1.165) is 28.0 Å². The number of phenols is 1. The number of hydrogen-bond donors (Lipinski definition) is 1. The van der Waals surface area contributed by atoms with Crippen LogP contribution in [0, 0.1) is 0 Å². The Balaban J connectivity index is 1.70. The maximum absolute atomic E-state index is 12.4. The number of hydrogen-bond acceptors (Lipinski definition) is 4. The molecule has 5 rings (SSSR count). The number of likely N-dealkylation sites (tertiary alicyclic amines) is 1. The molecule has 1 N–H and O–H groups in total. The number of benzene rings is 2. The zero-order chi connectivity index (χ0) is 20.7. The summed E-state index contributed by atoms with van der Waals surface area (Å²) >= 11 is 0. The lowest BCUT2D eigenvalue weighted by Gasteiger charge is -2.17. The summed E-state index contributed by atoms with van der Waals surface area (Å²) in [5.41, 5.74) is 3.95. The highest BCUT2D eigenvalue weighted by Crippen LogP contribution is 2.36. The number of para-hydroxylation sites is 1. The number of nitrogens with zero attached hydrogens (tertiary/aromatic N) is 4. The molecule has 2 aromatic heterocycles. The number of aromatic nitrogens is 3. The van der Waals surface area contributed by atoms with Gasteiger partial charge in [0.2, 0.25) is 5.91 Å². The fourth-order valence-electron chi connectivity index (χ4n) is 4.21. The van der Waals surface area contributed by atoms with Gasteiger partial charge in [-0.15, -0.1) is 0 Å². The van der Waals surface area contributed by atoms with Gasteiger partial charge in [-0.2, -0.15) is 0 Å². The summed E-state index contributed by atoms with van der Waals surface area (Å²) < 4.78 is 2.07. The van der Waals surface area contributed by atoms with Crippen LogP contribution < -0.4 is 0 Å². The number of phenolic OH excluding ortho intramolecular Hbond substituents is 1. The average molecular weight is 398 g/mol. The van der Waals surface area contributed by atoms with Crippen molar-refractivity contribution in [3.8, 4) is 28.4 Å². The van der Waals surface area contributed by atoms with Gasteiger partial charge in [-0.1, -0.05) is 48.5 Å². The Morgan fingerprint density at radius 3 is 2.67 bits per heavy atom. The van der Waals surface area contributed by atoms with Crippen molar-refractivity contribution >= 4 is 16.8 Å². The van der Waals surface area contributed by atoms with Crippen LogP contribution >= 0.6 is 0 Å². The molecule has 0 aliphatic carbocycles. The lowest BCUT2D eigenvalue weighted by atomic mass is 10.1. The van der Waals surface area contributed by atoms with Gasteiger partial charge in [-0.3, -0.25) is 4.79 Å². The third kappa shape index (κ3) is 3.01. The number of aromatic hydroxyl groups is 1. The molecule has 1 fully saturated rings. The van der Waals surface area contributed by atoms with E-state index in [2.05, 4.69) is 4.57 Å². The fraction of sp³-hybridized carbons (Fsp3) is 0.208. The molecule has 1 amide bonds. The minimum absolute atomic E-state index is 0.000667. The Labute approximate surface area is 174 Å². The molecule has 1 atom stereocenters. The number of pyridine rings is 1. The first-order valence-electron chi connectivity index (χ1n) is 10.1. The van der Waals surface area contributed by atoms with E-state index in [1.54, 1.807) is 6.07 Å². The van der Waals surface area contributed by atoms with Crippen molar-refractivity contribution in [1.29, 1.82) is 0 Å². The zero-order valence-electron chi connectivity index (χ0n) is 16.7. The van der Waals surface area contributed by atoms with E-state index in [1.165, 1.54) is 0 Å². The molecule has 2 aromatic carbocycles. The average Bonchev–Trinajstić information content (AvgIpc) is 3.38. The molecule has 0 spiro atoms. The predicted molar refractivity (Wildman–Crippen MR) is 116 cm³/mol. The molecule has 6 heteroatoms. The van der Waals surface area contributed by atoms with Crippen LogP contribution in [-0.2, 0) is 4.79 Å². The maximum atomic E-state index is 12.4. The zero-order valence-corrected chi connectivity index (χ0v) is 16.7.